The molecule has 0 aliphatic carbocycles. The lowest BCUT2D eigenvalue weighted by Gasteiger charge is -2.13. The van der Waals surface area contributed by atoms with Crippen molar-refractivity contribution in [3.05, 3.63) is 86.2 Å². The molecule has 0 saturated heterocycles. The Morgan fingerprint density at radius 2 is 1.66 bits per heavy atom. The third-order valence-electron chi connectivity index (χ3n) is 6.23. The van der Waals surface area contributed by atoms with Crippen LogP contribution >= 0.6 is 0 Å². The Kier molecular flexibility index (Phi) is 4.44. The third-order valence-corrected chi connectivity index (χ3v) is 6.23. The highest BCUT2D eigenvalue weighted by Gasteiger charge is 2.22. The fourth-order valence-corrected chi connectivity index (χ4v) is 4.28. The number of nitrogens with zero attached hydrogens (tertiary/aromatic N) is 5. The molecule has 2 aromatic carbocycles. The van der Waals surface area contributed by atoms with Crippen LogP contribution in [-0.4, -0.2) is 23.1 Å². The first-order chi connectivity index (χ1) is 15.3. The van der Waals surface area contributed by atoms with Crippen molar-refractivity contribution < 1.29 is 0 Å². The molecule has 7 heteroatoms. The Hall–Kier alpha value is -3.87. The summed E-state index contributed by atoms with van der Waals surface area (Å²) in [6.45, 7) is 6.25. The molecule has 5 aromatic rings. The van der Waals surface area contributed by atoms with E-state index in [0.29, 0.717) is 16.9 Å². The van der Waals surface area contributed by atoms with Crippen molar-refractivity contribution >= 4 is 16.9 Å². The molecule has 0 N–H and O–H groups in total. The summed E-state index contributed by atoms with van der Waals surface area (Å²) in [6.07, 6.45) is 2.91. The number of hydrogen-bond donors (Lipinski definition) is 0. The zero-order valence-electron chi connectivity index (χ0n) is 18.9. The predicted molar refractivity (Wildman–Crippen MR) is 127 cm³/mol. The van der Waals surface area contributed by atoms with Gasteiger partial charge in [0.1, 0.15) is 0 Å². The fourth-order valence-electron chi connectivity index (χ4n) is 4.28. The van der Waals surface area contributed by atoms with E-state index in [4.69, 9.17) is 4.98 Å². The number of aromatic nitrogens is 5. The molecule has 7 nitrogen and oxygen atoms in total. The van der Waals surface area contributed by atoms with Crippen molar-refractivity contribution in [3.63, 3.8) is 0 Å². The number of rotatable bonds is 3. The normalized spacial score (nSPS) is 11.7. The maximum atomic E-state index is 13.1. The van der Waals surface area contributed by atoms with Gasteiger partial charge in [0.2, 0.25) is 5.78 Å². The van der Waals surface area contributed by atoms with Gasteiger partial charge in [-0.2, -0.15) is 4.98 Å². The second-order valence-electron chi connectivity index (χ2n) is 8.35. The third kappa shape index (κ3) is 2.77. The summed E-state index contributed by atoms with van der Waals surface area (Å²) in [5.41, 5.74) is 6.45. The van der Waals surface area contributed by atoms with E-state index in [1.54, 1.807) is 7.05 Å². The van der Waals surface area contributed by atoms with Gasteiger partial charge in [0.25, 0.3) is 5.56 Å². The molecule has 0 fully saturated rings. The smallest absolute Gasteiger partial charge is 0.279 e. The van der Waals surface area contributed by atoms with Crippen LogP contribution in [0.1, 0.15) is 23.6 Å². The van der Waals surface area contributed by atoms with E-state index in [0.717, 1.165) is 39.1 Å². The van der Waals surface area contributed by atoms with Crippen molar-refractivity contribution in [1.29, 1.82) is 0 Å². The minimum atomic E-state index is -0.392. The number of imidazole rings is 2. The van der Waals surface area contributed by atoms with Crippen LogP contribution < -0.4 is 11.2 Å². The summed E-state index contributed by atoms with van der Waals surface area (Å²) in [6, 6.07) is 14.7. The van der Waals surface area contributed by atoms with E-state index in [1.807, 2.05) is 10.6 Å². The number of hydrogen-bond acceptors (Lipinski definition) is 3. The fraction of sp³-hybridized carbons (Fsp3) is 0.240. The minimum Gasteiger partial charge on any atom is -0.279 e. The van der Waals surface area contributed by atoms with Gasteiger partial charge in [-0.15, -0.1) is 0 Å². The van der Waals surface area contributed by atoms with Crippen LogP contribution in [0.3, 0.4) is 0 Å². The van der Waals surface area contributed by atoms with Gasteiger partial charge in [0.15, 0.2) is 11.2 Å². The van der Waals surface area contributed by atoms with E-state index in [2.05, 4.69) is 67.8 Å². The van der Waals surface area contributed by atoms with Gasteiger partial charge in [-0.25, -0.2) is 4.79 Å². The lowest BCUT2D eigenvalue weighted by molar-refractivity contribution is 0.708. The predicted octanol–water partition coefficient (Wildman–Crippen LogP) is 3.52. The Bertz CT molecular complexity index is 1630. The number of benzene rings is 2. The summed E-state index contributed by atoms with van der Waals surface area (Å²) in [7, 11) is 3.14. The zero-order valence-corrected chi connectivity index (χ0v) is 18.9. The van der Waals surface area contributed by atoms with Crippen LogP contribution in [0.25, 0.3) is 33.9 Å². The van der Waals surface area contributed by atoms with Crippen molar-refractivity contribution in [1.82, 2.24) is 23.1 Å². The van der Waals surface area contributed by atoms with Crippen molar-refractivity contribution in [2.45, 2.75) is 27.2 Å². The molecule has 5 rings (SSSR count). The lowest BCUT2D eigenvalue weighted by atomic mass is 10.1. The Morgan fingerprint density at radius 3 is 2.34 bits per heavy atom. The monoisotopic (exact) mass is 427 g/mol. The highest BCUT2D eigenvalue weighted by Crippen LogP contribution is 2.31. The molecular formula is C25H25N5O2. The molecule has 162 valence electrons. The van der Waals surface area contributed by atoms with E-state index in [-0.39, 0.29) is 5.56 Å². The van der Waals surface area contributed by atoms with Crippen molar-refractivity contribution in [2.75, 3.05) is 0 Å². The van der Waals surface area contributed by atoms with Crippen LogP contribution in [0.15, 0.2) is 58.3 Å². The SMILES string of the molecule is CCc1ccc(-c2cn3c4c(=O)n(C)c(=O)n(C)c4nc3n2-c2cc(C)ccc2C)cc1. The van der Waals surface area contributed by atoms with Gasteiger partial charge in [-0.1, -0.05) is 43.3 Å². The molecule has 0 spiro atoms. The zero-order chi connectivity index (χ0) is 22.7. The van der Waals surface area contributed by atoms with Gasteiger partial charge >= 0.3 is 5.69 Å². The average Bonchev–Trinajstić information content (AvgIpc) is 3.34. The van der Waals surface area contributed by atoms with Crippen molar-refractivity contribution in [2.24, 2.45) is 14.1 Å². The Labute approximate surface area is 184 Å². The Morgan fingerprint density at radius 1 is 0.938 bits per heavy atom. The molecule has 0 aliphatic rings. The first-order valence-electron chi connectivity index (χ1n) is 10.7. The molecule has 3 heterocycles. The maximum absolute atomic E-state index is 13.1. The van der Waals surface area contributed by atoms with Crippen LogP contribution in [0.4, 0.5) is 0 Å². The van der Waals surface area contributed by atoms with Crippen LogP contribution in [0, 0.1) is 13.8 Å². The highest BCUT2D eigenvalue weighted by atomic mass is 16.2. The van der Waals surface area contributed by atoms with Gasteiger partial charge in [0, 0.05) is 25.9 Å². The van der Waals surface area contributed by atoms with E-state index >= 15 is 0 Å². The summed E-state index contributed by atoms with van der Waals surface area (Å²) in [5.74, 6) is 0.599. The molecule has 0 saturated carbocycles. The number of aryl methyl sites for hydroxylation is 4. The molecule has 0 bridgehead atoms. The first-order valence-corrected chi connectivity index (χ1v) is 10.7. The van der Waals surface area contributed by atoms with E-state index in [1.165, 1.54) is 17.2 Å². The van der Waals surface area contributed by atoms with Crippen LogP contribution in [0.5, 0.6) is 0 Å². The molecule has 0 atom stereocenters. The lowest BCUT2D eigenvalue weighted by Crippen LogP contribution is -2.37. The van der Waals surface area contributed by atoms with Crippen molar-refractivity contribution in [3.8, 4) is 16.9 Å². The van der Waals surface area contributed by atoms with E-state index < -0.39 is 5.69 Å². The standard InChI is InChI=1S/C25H25N5O2/c1-6-17-9-11-18(12-10-17)20-14-29-21-22(27(4)25(32)28(5)23(21)31)26-24(29)30(20)19-13-15(2)7-8-16(19)3/h7-14H,6H2,1-5H3. The van der Waals surface area contributed by atoms with Gasteiger partial charge < -0.3 is 0 Å². The average molecular weight is 428 g/mol. The topological polar surface area (TPSA) is 66.2 Å². The quantitative estimate of drug-likeness (QED) is 0.443. The molecule has 3 aromatic heterocycles. The molecule has 0 unspecified atom stereocenters. The summed E-state index contributed by atoms with van der Waals surface area (Å²) >= 11 is 0. The van der Waals surface area contributed by atoms with Crippen LogP contribution in [0.2, 0.25) is 0 Å². The summed E-state index contributed by atoms with van der Waals surface area (Å²) in [5, 5.41) is 0. The molecule has 32 heavy (non-hydrogen) atoms. The molecule has 0 radical (unpaired) electrons. The second kappa shape index (κ2) is 7.09. The van der Waals surface area contributed by atoms with E-state index in [9.17, 15) is 9.59 Å². The summed E-state index contributed by atoms with van der Waals surface area (Å²) in [4.78, 5) is 30.3. The second-order valence-corrected chi connectivity index (χ2v) is 8.35. The molecule has 0 amide bonds. The van der Waals surface area contributed by atoms with Gasteiger partial charge in [-0.3, -0.25) is 22.9 Å². The first kappa shape index (κ1) is 20.1. The maximum Gasteiger partial charge on any atom is 0.332 e. The van der Waals surface area contributed by atoms with Gasteiger partial charge in [0.05, 0.1) is 11.4 Å². The Balaban J connectivity index is 1.96. The minimum absolute atomic E-state index is 0.360. The molecular weight excluding hydrogens is 402 g/mol. The summed E-state index contributed by atoms with van der Waals surface area (Å²) < 4.78 is 6.43. The van der Waals surface area contributed by atoms with Gasteiger partial charge in [-0.05, 0) is 43.0 Å². The molecule has 0 aliphatic heterocycles. The number of fused-ring (bicyclic) bond motifs is 3. The highest BCUT2D eigenvalue weighted by molar-refractivity contribution is 5.79. The largest absolute Gasteiger partial charge is 0.332 e. The van der Waals surface area contributed by atoms with Crippen LogP contribution in [-0.2, 0) is 20.5 Å².